The molecular weight excluding hydrogens is 228 g/mol. The number of ether oxygens (including phenoxy) is 1. The fourth-order valence-electron chi connectivity index (χ4n) is 1.66. The standard InChI is InChI=1S/C9H14N4O2S/c1-15-5-7-11-12-9(16-7)13-4-6(3-10)2-8(13)14/h6H,2-5,10H2,1H3. The Morgan fingerprint density at radius 3 is 3.06 bits per heavy atom. The lowest BCUT2D eigenvalue weighted by molar-refractivity contribution is -0.117. The molecule has 1 saturated heterocycles. The van der Waals surface area contributed by atoms with Gasteiger partial charge in [0, 0.05) is 20.1 Å². The third-order valence-electron chi connectivity index (χ3n) is 2.49. The molecule has 0 aliphatic carbocycles. The van der Waals surface area contributed by atoms with Crippen LogP contribution in [-0.4, -0.2) is 36.3 Å². The van der Waals surface area contributed by atoms with Crippen LogP contribution in [0.3, 0.4) is 0 Å². The highest BCUT2D eigenvalue weighted by Gasteiger charge is 2.31. The predicted molar refractivity (Wildman–Crippen MR) is 60.1 cm³/mol. The average Bonchev–Trinajstić information content (AvgIpc) is 2.85. The maximum atomic E-state index is 11.7. The zero-order valence-corrected chi connectivity index (χ0v) is 9.87. The first-order valence-electron chi connectivity index (χ1n) is 5.06. The summed E-state index contributed by atoms with van der Waals surface area (Å²) in [7, 11) is 1.60. The van der Waals surface area contributed by atoms with E-state index in [9.17, 15) is 4.79 Å². The number of nitrogens with zero attached hydrogens (tertiary/aromatic N) is 3. The number of amides is 1. The molecule has 1 aliphatic heterocycles. The van der Waals surface area contributed by atoms with E-state index in [0.717, 1.165) is 5.01 Å². The van der Waals surface area contributed by atoms with Crippen molar-refractivity contribution >= 4 is 22.4 Å². The highest BCUT2D eigenvalue weighted by atomic mass is 32.1. The molecule has 2 N–H and O–H groups in total. The van der Waals surface area contributed by atoms with Crippen molar-refractivity contribution in [2.75, 3.05) is 25.1 Å². The highest BCUT2D eigenvalue weighted by Crippen LogP contribution is 2.27. The van der Waals surface area contributed by atoms with Gasteiger partial charge in [0.15, 0.2) is 0 Å². The van der Waals surface area contributed by atoms with Crippen molar-refractivity contribution in [3.63, 3.8) is 0 Å². The molecule has 0 aromatic carbocycles. The Morgan fingerprint density at radius 2 is 2.44 bits per heavy atom. The molecule has 1 aliphatic rings. The Morgan fingerprint density at radius 1 is 1.62 bits per heavy atom. The Bertz CT molecular complexity index is 381. The Hall–Kier alpha value is -1.05. The average molecular weight is 242 g/mol. The second-order valence-electron chi connectivity index (χ2n) is 3.72. The van der Waals surface area contributed by atoms with Gasteiger partial charge in [0.05, 0.1) is 0 Å². The lowest BCUT2D eigenvalue weighted by Gasteiger charge is -2.10. The van der Waals surface area contributed by atoms with Gasteiger partial charge in [-0.25, -0.2) is 0 Å². The quantitative estimate of drug-likeness (QED) is 0.803. The number of hydrogen-bond acceptors (Lipinski definition) is 6. The lowest BCUT2D eigenvalue weighted by atomic mass is 10.1. The number of rotatable bonds is 4. The second kappa shape index (κ2) is 4.86. The summed E-state index contributed by atoms with van der Waals surface area (Å²) in [6.07, 6.45) is 0.510. The molecule has 88 valence electrons. The molecule has 2 rings (SSSR count). The molecule has 7 heteroatoms. The minimum absolute atomic E-state index is 0.0792. The van der Waals surface area contributed by atoms with Crippen molar-refractivity contribution in [3.8, 4) is 0 Å². The number of methoxy groups -OCH3 is 1. The van der Waals surface area contributed by atoms with Gasteiger partial charge in [-0.3, -0.25) is 9.69 Å². The lowest BCUT2D eigenvalue weighted by Crippen LogP contribution is -2.25. The number of carbonyl (C=O) groups excluding carboxylic acids is 1. The minimum Gasteiger partial charge on any atom is -0.377 e. The maximum absolute atomic E-state index is 11.7. The van der Waals surface area contributed by atoms with Crippen molar-refractivity contribution in [2.24, 2.45) is 11.7 Å². The Labute approximate surface area is 97.4 Å². The van der Waals surface area contributed by atoms with Crippen molar-refractivity contribution in [1.29, 1.82) is 0 Å². The maximum Gasteiger partial charge on any atom is 0.229 e. The fourth-order valence-corrected chi connectivity index (χ4v) is 2.50. The van der Waals surface area contributed by atoms with E-state index in [1.54, 1.807) is 12.0 Å². The van der Waals surface area contributed by atoms with Crippen LogP contribution in [0.15, 0.2) is 0 Å². The van der Waals surface area contributed by atoms with Gasteiger partial charge in [0.25, 0.3) is 0 Å². The van der Waals surface area contributed by atoms with Crippen molar-refractivity contribution in [1.82, 2.24) is 10.2 Å². The van der Waals surface area contributed by atoms with Crippen molar-refractivity contribution in [3.05, 3.63) is 5.01 Å². The molecule has 1 amide bonds. The molecule has 1 aromatic heterocycles. The fraction of sp³-hybridized carbons (Fsp3) is 0.667. The van der Waals surface area contributed by atoms with Crippen LogP contribution in [-0.2, 0) is 16.1 Å². The first kappa shape index (κ1) is 11.4. The van der Waals surface area contributed by atoms with Gasteiger partial charge in [-0.1, -0.05) is 11.3 Å². The van der Waals surface area contributed by atoms with Crippen molar-refractivity contribution < 1.29 is 9.53 Å². The number of hydrogen-bond donors (Lipinski definition) is 1. The van der Waals surface area contributed by atoms with Crippen LogP contribution in [0.2, 0.25) is 0 Å². The van der Waals surface area contributed by atoms with Gasteiger partial charge >= 0.3 is 0 Å². The molecule has 16 heavy (non-hydrogen) atoms. The first-order valence-corrected chi connectivity index (χ1v) is 5.88. The van der Waals surface area contributed by atoms with E-state index in [1.807, 2.05) is 0 Å². The van der Waals surface area contributed by atoms with Crippen LogP contribution in [0.1, 0.15) is 11.4 Å². The third-order valence-corrected chi connectivity index (χ3v) is 3.41. The molecule has 1 aromatic rings. The second-order valence-corrected chi connectivity index (χ2v) is 4.76. The van der Waals surface area contributed by atoms with Gasteiger partial charge in [-0.05, 0) is 12.5 Å². The number of nitrogens with two attached hydrogens (primary N) is 1. The van der Waals surface area contributed by atoms with E-state index in [0.29, 0.717) is 31.2 Å². The third kappa shape index (κ3) is 2.21. The predicted octanol–water partition coefficient (Wildman–Crippen LogP) is -0.00390. The van der Waals surface area contributed by atoms with Crippen LogP contribution >= 0.6 is 11.3 Å². The number of anilines is 1. The molecule has 1 fully saturated rings. The molecule has 0 spiro atoms. The molecule has 6 nitrogen and oxygen atoms in total. The van der Waals surface area contributed by atoms with Gasteiger partial charge in [-0.15, -0.1) is 10.2 Å². The van der Waals surface area contributed by atoms with Gasteiger partial charge in [0.1, 0.15) is 11.6 Å². The SMILES string of the molecule is COCc1nnc(N2CC(CN)CC2=O)s1. The zero-order chi connectivity index (χ0) is 11.5. The van der Waals surface area contributed by atoms with Crippen LogP contribution in [0.5, 0.6) is 0 Å². The van der Waals surface area contributed by atoms with E-state index in [1.165, 1.54) is 11.3 Å². The summed E-state index contributed by atoms with van der Waals surface area (Å²) in [5.41, 5.74) is 5.56. The first-order chi connectivity index (χ1) is 7.74. The van der Waals surface area contributed by atoms with E-state index in [2.05, 4.69) is 10.2 Å². The van der Waals surface area contributed by atoms with Crippen molar-refractivity contribution in [2.45, 2.75) is 13.0 Å². The van der Waals surface area contributed by atoms with Gasteiger partial charge in [0.2, 0.25) is 11.0 Å². The molecule has 0 saturated carbocycles. The summed E-state index contributed by atoms with van der Waals surface area (Å²) in [5, 5.41) is 9.37. The summed E-state index contributed by atoms with van der Waals surface area (Å²) >= 11 is 1.39. The monoisotopic (exact) mass is 242 g/mol. The zero-order valence-electron chi connectivity index (χ0n) is 9.05. The van der Waals surface area contributed by atoms with E-state index in [-0.39, 0.29) is 11.8 Å². The topological polar surface area (TPSA) is 81.3 Å². The van der Waals surface area contributed by atoms with Crippen LogP contribution in [0.25, 0.3) is 0 Å². The largest absolute Gasteiger partial charge is 0.377 e. The summed E-state index contributed by atoms with van der Waals surface area (Å²) in [5.74, 6) is 0.317. The van der Waals surface area contributed by atoms with E-state index in [4.69, 9.17) is 10.5 Å². The number of carbonyl (C=O) groups is 1. The normalized spacial score (nSPS) is 20.8. The smallest absolute Gasteiger partial charge is 0.229 e. The molecule has 2 heterocycles. The van der Waals surface area contributed by atoms with Crippen LogP contribution in [0, 0.1) is 5.92 Å². The molecule has 0 radical (unpaired) electrons. The molecule has 1 unspecified atom stereocenters. The highest BCUT2D eigenvalue weighted by molar-refractivity contribution is 7.15. The van der Waals surface area contributed by atoms with Crippen LogP contribution in [0.4, 0.5) is 5.13 Å². The summed E-state index contributed by atoms with van der Waals surface area (Å²) in [6, 6.07) is 0. The molecular formula is C9H14N4O2S. The van der Waals surface area contributed by atoms with E-state index >= 15 is 0 Å². The summed E-state index contributed by atoms with van der Waals surface area (Å²) in [6.45, 7) is 1.61. The Kier molecular flexibility index (Phi) is 3.47. The number of aromatic nitrogens is 2. The minimum atomic E-state index is 0.0792. The molecule has 1 atom stereocenters. The Balaban J connectivity index is 2.09. The van der Waals surface area contributed by atoms with E-state index < -0.39 is 0 Å². The molecule has 0 bridgehead atoms. The van der Waals surface area contributed by atoms with Gasteiger partial charge in [-0.2, -0.15) is 0 Å². The van der Waals surface area contributed by atoms with Gasteiger partial charge < -0.3 is 10.5 Å². The van der Waals surface area contributed by atoms with Crippen LogP contribution < -0.4 is 10.6 Å². The summed E-state index contributed by atoms with van der Waals surface area (Å²) < 4.78 is 4.96. The summed E-state index contributed by atoms with van der Waals surface area (Å²) in [4.78, 5) is 13.4.